The summed E-state index contributed by atoms with van der Waals surface area (Å²) < 4.78 is 5.99. The summed E-state index contributed by atoms with van der Waals surface area (Å²) in [5, 5.41) is 24.4. The molecular weight excluding hydrogens is 368 g/mol. The van der Waals surface area contributed by atoms with Gasteiger partial charge >= 0.3 is 0 Å². The average Bonchev–Trinajstić information content (AvgIpc) is 3.15. The van der Waals surface area contributed by atoms with Crippen molar-refractivity contribution in [1.82, 2.24) is 5.32 Å². The van der Waals surface area contributed by atoms with Gasteiger partial charge in [0.15, 0.2) is 0 Å². The SMILES string of the molecule is N=C1CCc2sccc2C1OCC(O)CNC1CCCCCCCCCCC1. The zero-order valence-corrected chi connectivity index (χ0v) is 18.1. The van der Waals surface area contributed by atoms with Gasteiger partial charge in [-0.05, 0) is 37.1 Å². The van der Waals surface area contributed by atoms with E-state index in [1.54, 1.807) is 11.3 Å². The fraction of sp³-hybridized carbons (Fsp3) is 0.783. The molecule has 0 aliphatic heterocycles. The van der Waals surface area contributed by atoms with Crippen molar-refractivity contribution < 1.29 is 9.84 Å². The Morgan fingerprint density at radius 1 is 1.04 bits per heavy atom. The second-order valence-corrected chi connectivity index (χ2v) is 9.56. The number of aliphatic hydroxyl groups excluding tert-OH is 1. The summed E-state index contributed by atoms with van der Waals surface area (Å²) in [4.78, 5) is 1.34. The molecule has 1 saturated carbocycles. The number of nitrogens with one attached hydrogen (secondary N) is 2. The van der Waals surface area contributed by atoms with E-state index in [9.17, 15) is 5.11 Å². The lowest BCUT2D eigenvalue weighted by molar-refractivity contribution is 0.0135. The third-order valence-electron chi connectivity index (χ3n) is 6.20. The van der Waals surface area contributed by atoms with Crippen molar-refractivity contribution in [2.45, 2.75) is 102 Å². The lowest BCUT2D eigenvalue weighted by Crippen LogP contribution is -2.38. The van der Waals surface area contributed by atoms with Gasteiger partial charge in [0, 0.05) is 28.7 Å². The van der Waals surface area contributed by atoms with E-state index < -0.39 is 6.10 Å². The fourth-order valence-corrected chi connectivity index (χ4v) is 5.39. The first-order valence-electron chi connectivity index (χ1n) is 11.4. The van der Waals surface area contributed by atoms with Crippen LogP contribution in [0.4, 0.5) is 0 Å². The van der Waals surface area contributed by atoms with Crippen LogP contribution in [0.25, 0.3) is 0 Å². The molecule has 1 heterocycles. The Morgan fingerprint density at radius 3 is 2.36 bits per heavy atom. The summed E-state index contributed by atoms with van der Waals surface area (Å²) in [6.45, 7) is 0.878. The predicted octanol–water partition coefficient (Wildman–Crippen LogP) is 5.40. The molecule has 2 aliphatic rings. The summed E-state index contributed by atoms with van der Waals surface area (Å²) in [5.74, 6) is 0. The zero-order valence-electron chi connectivity index (χ0n) is 17.3. The summed E-state index contributed by atoms with van der Waals surface area (Å²) >= 11 is 1.75. The molecule has 5 heteroatoms. The standard InChI is InChI=1S/C23H38N2O2S/c24-21-12-13-22-20(14-15-28-22)23(21)27-17-19(26)16-25-18-10-8-6-4-2-1-3-5-7-9-11-18/h14-15,18-19,23-26H,1-13,16-17H2. The Balaban J connectivity index is 1.40. The van der Waals surface area contributed by atoms with Crippen LogP contribution in [0.1, 0.15) is 93.6 Å². The number of fused-ring (bicyclic) bond motifs is 1. The van der Waals surface area contributed by atoms with Crippen LogP contribution in [0.3, 0.4) is 0 Å². The number of hydrogen-bond donors (Lipinski definition) is 3. The van der Waals surface area contributed by atoms with E-state index in [1.165, 1.54) is 75.5 Å². The molecule has 0 saturated heterocycles. The molecule has 1 aromatic heterocycles. The van der Waals surface area contributed by atoms with E-state index in [4.69, 9.17) is 10.1 Å². The summed E-state index contributed by atoms with van der Waals surface area (Å²) in [6.07, 6.45) is 15.6. The van der Waals surface area contributed by atoms with Crippen LogP contribution >= 0.6 is 11.3 Å². The Labute approximate surface area is 174 Å². The average molecular weight is 407 g/mol. The second kappa shape index (κ2) is 12.1. The third-order valence-corrected chi connectivity index (χ3v) is 7.20. The molecule has 1 aromatic rings. The van der Waals surface area contributed by atoms with Gasteiger partial charge in [0.25, 0.3) is 0 Å². The van der Waals surface area contributed by atoms with Gasteiger partial charge in [-0.1, -0.05) is 57.8 Å². The highest BCUT2D eigenvalue weighted by Gasteiger charge is 2.27. The molecule has 3 rings (SSSR count). The van der Waals surface area contributed by atoms with Crippen molar-refractivity contribution >= 4 is 17.0 Å². The molecule has 158 valence electrons. The maximum absolute atomic E-state index is 10.4. The van der Waals surface area contributed by atoms with Crippen LogP contribution in [0, 0.1) is 5.41 Å². The molecule has 0 radical (unpaired) electrons. The summed E-state index contributed by atoms with van der Waals surface area (Å²) in [7, 11) is 0. The van der Waals surface area contributed by atoms with Gasteiger partial charge in [0.2, 0.25) is 0 Å². The maximum atomic E-state index is 10.4. The van der Waals surface area contributed by atoms with Crippen LogP contribution < -0.4 is 5.32 Å². The molecule has 0 amide bonds. The van der Waals surface area contributed by atoms with Crippen molar-refractivity contribution in [2.24, 2.45) is 0 Å². The Morgan fingerprint density at radius 2 is 1.68 bits per heavy atom. The van der Waals surface area contributed by atoms with Gasteiger partial charge in [0.05, 0.1) is 12.7 Å². The van der Waals surface area contributed by atoms with Crippen LogP contribution in [0.15, 0.2) is 11.4 Å². The normalized spacial score (nSPS) is 24.2. The van der Waals surface area contributed by atoms with Gasteiger partial charge in [0.1, 0.15) is 6.10 Å². The highest BCUT2D eigenvalue weighted by molar-refractivity contribution is 7.10. The minimum Gasteiger partial charge on any atom is -0.389 e. The van der Waals surface area contributed by atoms with Crippen molar-refractivity contribution in [3.63, 3.8) is 0 Å². The molecule has 0 bridgehead atoms. The minimum atomic E-state index is -0.516. The molecule has 2 atom stereocenters. The predicted molar refractivity (Wildman–Crippen MR) is 118 cm³/mol. The van der Waals surface area contributed by atoms with Gasteiger partial charge in [-0.25, -0.2) is 0 Å². The van der Waals surface area contributed by atoms with E-state index in [0.717, 1.165) is 18.4 Å². The summed E-state index contributed by atoms with van der Waals surface area (Å²) in [6, 6.07) is 2.60. The molecule has 28 heavy (non-hydrogen) atoms. The Bertz CT molecular complexity index is 577. The first kappa shape index (κ1) is 21.9. The van der Waals surface area contributed by atoms with Gasteiger partial charge in [-0.3, -0.25) is 0 Å². The van der Waals surface area contributed by atoms with E-state index >= 15 is 0 Å². The van der Waals surface area contributed by atoms with Crippen molar-refractivity contribution in [3.05, 3.63) is 21.9 Å². The topological polar surface area (TPSA) is 65.3 Å². The first-order valence-corrected chi connectivity index (χ1v) is 12.3. The molecular formula is C23H38N2O2S. The molecule has 0 aromatic carbocycles. The van der Waals surface area contributed by atoms with E-state index in [0.29, 0.717) is 24.9 Å². The third kappa shape index (κ3) is 6.94. The number of aryl methyl sites for hydroxylation is 1. The lowest BCUT2D eigenvalue weighted by Gasteiger charge is -2.26. The van der Waals surface area contributed by atoms with Crippen LogP contribution in [-0.4, -0.2) is 36.1 Å². The van der Waals surface area contributed by atoms with Gasteiger partial charge in [-0.15, -0.1) is 11.3 Å². The maximum Gasteiger partial charge on any atom is 0.121 e. The molecule has 3 N–H and O–H groups in total. The molecule has 1 fully saturated rings. The van der Waals surface area contributed by atoms with E-state index in [-0.39, 0.29) is 6.10 Å². The number of rotatable bonds is 6. The Kier molecular flexibility index (Phi) is 9.45. The lowest BCUT2D eigenvalue weighted by atomic mass is 9.94. The van der Waals surface area contributed by atoms with Crippen LogP contribution in [0.2, 0.25) is 0 Å². The molecule has 2 aliphatic carbocycles. The Hall–Kier alpha value is -0.750. The quantitative estimate of drug-likeness (QED) is 0.593. The van der Waals surface area contributed by atoms with E-state index in [1.807, 2.05) is 0 Å². The first-order chi connectivity index (χ1) is 13.7. The minimum absolute atomic E-state index is 0.258. The number of hydrogen-bond acceptors (Lipinski definition) is 5. The molecule has 0 spiro atoms. The number of thiophene rings is 1. The molecule has 4 nitrogen and oxygen atoms in total. The largest absolute Gasteiger partial charge is 0.389 e. The van der Waals surface area contributed by atoms with Gasteiger partial charge in [-0.2, -0.15) is 0 Å². The van der Waals surface area contributed by atoms with Crippen molar-refractivity contribution in [1.29, 1.82) is 5.41 Å². The summed E-state index contributed by atoms with van der Waals surface area (Å²) in [5.41, 5.74) is 1.78. The van der Waals surface area contributed by atoms with E-state index in [2.05, 4.69) is 16.8 Å². The van der Waals surface area contributed by atoms with Crippen molar-refractivity contribution in [2.75, 3.05) is 13.2 Å². The van der Waals surface area contributed by atoms with Crippen molar-refractivity contribution in [3.8, 4) is 0 Å². The second-order valence-electron chi connectivity index (χ2n) is 8.56. The fourth-order valence-electron chi connectivity index (χ4n) is 4.48. The van der Waals surface area contributed by atoms with Gasteiger partial charge < -0.3 is 20.6 Å². The zero-order chi connectivity index (χ0) is 19.6. The van der Waals surface area contributed by atoms with Crippen LogP contribution in [-0.2, 0) is 11.2 Å². The highest BCUT2D eigenvalue weighted by atomic mass is 32.1. The smallest absolute Gasteiger partial charge is 0.121 e. The number of aliphatic hydroxyl groups is 1. The number of ether oxygens (including phenoxy) is 1. The molecule has 2 unspecified atom stereocenters. The van der Waals surface area contributed by atoms with Crippen LogP contribution in [0.5, 0.6) is 0 Å². The monoisotopic (exact) mass is 406 g/mol. The highest BCUT2D eigenvalue weighted by Crippen LogP contribution is 2.33.